The smallest absolute Gasteiger partial charge is 0.0290 e. The maximum atomic E-state index is 5.25. The highest BCUT2D eigenvalue weighted by Gasteiger charge is 1.96. The molecule has 1 nitrogen and oxygen atoms in total. The van der Waals surface area contributed by atoms with Crippen molar-refractivity contribution in [2.24, 2.45) is 5.73 Å². The quantitative estimate of drug-likeness (QED) is 0.658. The van der Waals surface area contributed by atoms with Crippen LogP contribution in [0.3, 0.4) is 0 Å². The standard InChI is InChI=1S/C8H11NS/c1-6-5-8(3-4-9)10-7(6)2/h3-5H,9H2,1-2H3/b4-3+. The average Bonchev–Trinajstić information content (AvgIpc) is 2.14. The van der Waals surface area contributed by atoms with E-state index >= 15 is 0 Å². The van der Waals surface area contributed by atoms with Crippen LogP contribution in [-0.2, 0) is 0 Å². The molecule has 0 radical (unpaired) electrons. The van der Waals surface area contributed by atoms with Gasteiger partial charge in [0.15, 0.2) is 0 Å². The molecule has 0 atom stereocenters. The van der Waals surface area contributed by atoms with E-state index < -0.39 is 0 Å². The Morgan fingerprint density at radius 1 is 1.50 bits per heavy atom. The second-order valence-corrected chi connectivity index (χ2v) is 3.53. The molecule has 0 bridgehead atoms. The Labute approximate surface area is 65.2 Å². The lowest BCUT2D eigenvalue weighted by Crippen LogP contribution is -1.72. The molecule has 1 heterocycles. The summed E-state index contributed by atoms with van der Waals surface area (Å²) < 4.78 is 0. The molecule has 0 aliphatic carbocycles. The summed E-state index contributed by atoms with van der Waals surface area (Å²) in [6.07, 6.45) is 3.50. The molecule has 0 saturated heterocycles. The summed E-state index contributed by atoms with van der Waals surface area (Å²) in [6, 6.07) is 2.14. The molecule has 0 fully saturated rings. The monoisotopic (exact) mass is 153 g/mol. The van der Waals surface area contributed by atoms with Crippen molar-refractivity contribution in [2.75, 3.05) is 0 Å². The van der Waals surface area contributed by atoms with Crippen molar-refractivity contribution < 1.29 is 0 Å². The normalized spacial score (nSPS) is 11.0. The molecule has 2 N–H and O–H groups in total. The van der Waals surface area contributed by atoms with Gasteiger partial charge in [-0.15, -0.1) is 11.3 Å². The average molecular weight is 153 g/mol. The lowest BCUT2D eigenvalue weighted by Gasteiger charge is -1.79. The highest BCUT2D eigenvalue weighted by Crippen LogP contribution is 2.21. The van der Waals surface area contributed by atoms with Crippen LogP contribution >= 0.6 is 11.3 Å². The van der Waals surface area contributed by atoms with Crippen molar-refractivity contribution in [1.29, 1.82) is 0 Å². The zero-order valence-electron chi connectivity index (χ0n) is 6.22. The van der Waals surface area contributed by atoms with Crippen LogP contribution in [-0.4, -0.2) is 0 Å². The topological polar surface area (TPSA) is 26.0 Å². The number of aryl methyl sites for hydroxylation is 2. The van der Waals surface area contributed by atoms with Gasteiger partial charge in [0, 0.05) is 9.75 Å². The molecule has 0 aliphatic heterocycles. The van der Waals surface area contributed by atoms with Gasteiger partial charge < -0.3 is 5.73 Å². The summed E-state index contributed by atoms with van der Waals surface area (Å²) in [5, 5.41) is 0. The molecule has 0 amide bonds. The van der Waals surface area contributed by atoms with Gasteiger partial charge in [-0.3, -0.25) is 0 Å². The predicted molar refractivity (Wildman–Crippen MR) is 47.0 cm³/mol. The summed E-state index contributed by atoms with van der Waals surface area (Å²) in [7, 11) is 0. The first-order chi connectivity index (χ1) is 4.74. The fraction of sp³-hybridized carbons (Fsp3) is 0.250. The zero-order chi connectivity index (χ0) is 7.56. The minimum absolute atomic E-state index is 1.23. The summed E-state index contributed by atoms with van der Waals surface area (Å²) in [5.74, 6) is 0. The minimum Gasteiger partial charge on any atom is -0.405 e. The van der Waals surface area contributed by atoms with Crippen LogP contribution in [0.4, 0.5) is 0 Å². The van der Waals surface area contributed by atoms with Gasteiger partial charge >= 0.3 is 0 Å². The number of rotatable bonds is 1. The van der Waals surface area contributed by atoms with Gasteiger partial charge in [0.1, 0.15) is 0 Å². The Morgan fingerprint density at radius 3 is 2.60 bits per heavy atom. The van der Waals surface area contributed by atoms with Gasteiger partial charge in [-0.2, -0.15) is 0 Å². The van der Waals surface area contributed by atoms with Gasteiger partial charge in [-0.25, -0.2) is 0 Å². The van der Waals surface area contributed by atoms with Crippen LogP contribution in [0.5, 0.6) is 0 Å². The number of thiophene rings is 1. The van der Waals surface area contributed by atoms with Crippen LogP contribution in [0.1, 0.15) is 15.3 Å². The molecule has 0 saturated carbocycles. The van der Waals surface area contributed by atoms with Crippen LogP contribution in [0, 0.1) is 13.8 Å². The van der Waals surface area contributed by atoms with E-state index in [0.717, 1.165) is 0 Å². The summed E-state index contributed by atoms with van der Waals surface area (Å²) in [5.41, 5.74) is 6.59. The molecule has 2 heteroatoms. The Kier molecular flexibility index (Phi) is 2.12. The van der Waals surface area contributed by atoms with E-state index in [-0.39, 0.29) is 0 Å². The second kappa shape index (κ2) is 2.88. The molecule has 54 valence electrons. The van der Waals surface area contributed by atoms with Gasteiger partial charge in [-0.1, -0.05) is 0 Å². The number of hydrogen-bond acceptors (Lipinski definition) is 2. The highest BCUT2D eigenvalue weighted by molar-refractivity contribution is 7.13. The van der Waals surface area contributed by atoms with E-state index in [1.165, 1.54) is 15.3 Å². The fourth-order valence-corrected chi connectivity index (χ4v) is 1.73. The highest BCUT2D eigenvalue weighted by atomic mass is 32.1. The molecule has 1 aromatic rings. The van der Waals surface area contributed by atoms with E-state index in [9.17, 15) is 0 Å². The summed E-state index contributed by atoms with van der Waals surface area (Å²) in [4.78, 5) is 2.60. The van der Waals surface area contributed by atoms with E-state index in [1.807, 2.05) is 6.08 Å². The second-order valence-electron chi connectivity index (χ2n) is 2.25. The van der Waals surface area contributed by atoms with Gasteiger partial charge in [0.25, 0.3) is 0 Å². The van der Waals surface area contributed by atoms with Crippen molar-refractivity contribution in [1.82, 2.24) is 0 Å². The molecular formula is C8H11NS. The van der Waals surface area contributed by atoms with E-state index in [0.29, 0.717) is 0 Å². The molecule has 10 heavy (non-hydrogen) atoms. The van der Waals surface area contributed by atoms with Crippen molar-refractivity contribution in [2.45, 2.75) is 13.8 Å². The SMILES string of the molecule is Cc1cc(/C=C/N)sc1C. The Hall–Kier alpha value is -0.760. The molecule has 0 spiro atoms. The van der Waals surface area contributed by atoms with Gasteiger partial charge in [0.05, 0.1) is 0 Å². The first-order valence-electron chi connectivity index (χ1n) is 3.19. The maximum Gasteiger partial charge on any atom is 0.0290 e. The fourth-order valence-electron chi connectivity index (χ4n) is 0.779. The first kappa shape index (κ1) is 7.35. The molecule has 0 aliphatic rings. The third kappa shape index (κ3) is 1.39. The van der Waals surface area contributed by atoms with Crippen LogP contribution in [0.15, 0.2) is 12.3 Å². The Bertz CT molecular complexity index is 228. The van der Waals surface area contributed by atoms with E-state index in [1.54, 1.807) is 17.5 Å². The predicted octanol–water partition coefficient (Wildman–Crippen LogP) is 2.29. The molecular weight excluding hydrogens is 142 g/mol. The molecule has 0 aromatic carbocycles. The molecule has 1 aromatic heterocycles. The summed E-state index contributed by atoms with van der Waals surface area (Å²) in [6.45, 7) is 4.23. The Morgan fingerprint density at radius 2 is 2.20 bits per heavy atom. The molecule has 1 rings (SSSR count). The molecule has 0 unspecified atom stereocenters. The van der Waals surface area contributed by atoms with Crippen molar-refractivity contribution >= 4 is 17.4 Å². The van der Waals surface area contributed by atoms with Gasteiger partial charge in [0.2, 0.25) is 0 Å². The maximum absolute atomic E-state index is 5.25. The van der Waals surface area contributed by atoms with E-state index in [4.69, 9.17) is 5.73 Å². The van der Waals surface area contributed by atoms with Crippen molar-refractivity contribution in [3.8, 4) is 0 Å². The number of nitrogens with two attached hydrogens (primary N) is 1. The van der Waals surface area contributed by atoms with Crippen LogP contribution < -0.4 is 5.73 Å². The third-order valence-corrected chi connectivity index (χ3v) is 2.56. The van der Waals surface area contributed by atoms with E-state index in [2.05, 4.69) is 19.9 Å². The first-order valence-corrected chi connectivity index (χ1v) is 4.01. The van der Waals surface area contributed by atoms with Crippen molar-refractivity contribution in [3.05, 3.63) is 27.6 Å². The Balaban J connectivity index is 2.98. The lowest BCUT2D eigenvalue weighted by molar-refractivity contribution is 1.44. The number of hydrogen-bond donors (Lipinski definition) is 1. The largest absolute Gasteiger partial charge is 0.405 e. The zero-order valence-corrected chi connectivity index (χ0v) is 7.03. The summed E-state index contributed by atoms with van der Waals surface area (Å²) >= 11 is 1.77. The van der Waals surface area contributed by atoms with Crippen LogP contribution in [0.25, 0.3) is 6.08 Å². The lowest BCUT2D eigenvalue weighted by atomic mass is 10.3. The minimum atomic E-state index is 1.23. The van der Waals surface area contributed by atoms with Crippen LogP contribution in [0.2, 0.25) is 0 Å². The van der Waals surface area contributed by atoms with Crippen molar-refractivity contribution in [3.63, 3.8) is 0 Å². The third-order valence-electron chi connectivity index (χ3n) is 1.45. The van der Waals surface area contributed by atoms with Gasteiger partial charge in [-0.05, 0) is 37.8 Å².